The highest BCUT2D eigenvalue weighted by atomic mass is 16.3. The van der Waals surface area contributed by atoms with E-state index in [-0.39, 0.29) is 5.91 Å². The molecule has 2 aliphatic rings. The highest BCUT2D eigenvalue weighted by molar-refractivity contribution is 5.75. The second-order valence-corrected chi connectivity index (χ2v) is 4.85. The topological polar surface area (TPSA) is 49.3 Å². The zero-order valence-electron chi connectivity index (χ0n) is 10.2. The lowest BCUT2D eigenvalue weighted by Gasteiger charge is -2.18. The van der Waals surface area contributed by atoms with Crippen LogP contribution in [0.5, 0.6) is 0 Å². The molecule has 2 fully saturated rings. The van der Waals surface area contributed by atoms with Crippen molar-refractivity contribution in [2.45, 2.75) is 57.8 Å². The Kier molecular flexibility index (Phi) is 7.23. The monoisotopic (exact) mass is 227 g/mol. The van der Waals surface area contributed by atoms with Crippen LogP contribution >= 0.6 is 0 Å². The lowest BCUT2D eigenvalue weighted by Crippen LogP contribution is -2.21. The van der Waals surface area contributed by atoms with Crippen LogP contribution in [0, 0.1) is 5.92 Å². The third kappa shape index (κ3) is 6.11. The maximum Gasteiger partial charge on any atom is 0.219 e. The van der Waals surface area contributed by atoms with E-state index in [0.717, 1.165) is 25.8 Å². The van der Waals surface area contributed by atoms with Gasteiger partial charge in [0, 0.05) is 19.6 Å². The molecule has 16 heavy (non-hydrogen) atoms. The molecule has 0 radical (unpaired) electrons. The van der Waals surface area contributed by atoms with E-state index in [4.69, 9.17) is 5.11 Å². The molecule has 1 aliphatic heterocycles. The average molecular weight is 227 g/mol. The van der Waals surface area contributed by atoms with Crippen LogP contribution in [0.2, 0.25) is 0 Å². The summed E-state index contributed by atoms with van der Waals surface area (Å²) in [5.41, 5.74) is 0. The van der Waals surface area contributed by atoms with Crippen molar-refractivity contribution >= 4 is 5.91 Å². The van der Waals surface area contributed by atoms with Gasteiger partial charge in [0.25, 0.3) is 0 Å². The van der Waals surface area contributed by atoms with Crippen molar-refractivity contribution in [3.8, 4) is 0 Å². The largest absolute Gasteiger partial charge is 0.396 e. The van der Waals surface area contributed by atoms with E-state index in [1.54, 1.807) is 0 Å². The van der Waals surface area contributed by atoms with Gasteiger partial charge in [0.2, 0.25) is 5.91 Å². The van der Waals surface area contributed by atoms with Gasteiger partial charge in [-0.2, -0.15) is 0 Å². The molecule has 1 saturated heterocycles. The van der Waals surface area contributed by atoms with Crippen LogP contribution in [0.4, 0.5) is 0 Å². The van der Waals surface area contributed by atoms with Gasteiger partial charge in [-0.25, -0.2) is 0 Å². The maximum absolute atomic E-state index is 10.6. The number of aliphatic hydroxyl groups is 1. The van der Waals surface area contributed by atoms with Crippen LogP contribution in [-0.2, 0) is 4.79 Å². The minimum atomic E-state index is 0.225. The molecule has 0 bridgehead atoms. The molecule has 1 heterocycles. The van der Waals surface area contributed by atoms with Crippen molar-refractivity contribution in [3.05, 3.63) is 0 Å². The predicted molar refractivity (Wildman–Crippen MR) is 65.1 cm³/mol. The number of aliphatic hydroxyl groups excluding tert-OH is 1. The molecule has 3 heteroatoms. The third-order valence-corrected chi connectivity index (χ3v) is 3.39. The molecule has 1 amide bonds. The van der Waals surface area contributed by atoms with Gasteiger partial charge >= 0.3 is 0 Å². The normalized spacial score (nSPS) is 22.7. The van der Waals surface area contributed by atoms with Gasteiger partial charge < -0.3 is 10.4 Å². The summed E-state index contributed by atoms with van der Waals surface area (Å²) in [5, 5.41) is 11.5. The Hall–Kier alpha value is -0.570. The molecule has 0 aromatic carbocycles. The van der Waals surface area contributed by atoms with Crippen LogP contribution in [0.15, 0.2) is 0 Å². The second-order valence-electron chi connectivity index (χ2n) is 4.85. The summed E-state index contributed by atoms with van der Waals surface area (Å²) in [6, 6.07) is 0. The van der Waals surface area contributed by atoms with Crippen molar-refractivity contribution in [1.29, 1.82) is 0 Å². The average Bonchev–Trinajstić information content (AvgIpc) is 2.59. The van der Waals surface area contributed by atoms with Gasteiger partial charge in [-0.05, 0) is 31.6 Å². The summed E-state index contributed by atoms with van der Waals surface area (Å²) in [6.07, 6.45) is 10.8. The molecule has 0 aromatic heterocycles. The van der Waals surface area contributed by atoms with Crippen LogP contribution in [-0.4, -0.2) is 24.2 Å². The smallest absolute Gasteiger partial charge is 0.219 e. The van der Waals surface area contributed by atoms with Crippen LogP contribution in [0.25, 0.3) is 0 Å². The van der Waals surface area contributed by atoms with Crippen molar-refractivity contribution in [3.63, 3.8) is 0 Å². The van der Waals surface area contributed by atoms with E-state index in [2.05, 4.69) is 5.32 Å². The first-order valence-electron chi connectivity index (χ1n) is 6.70. The second kappa shape index (κ2) is 8.57. The number of carbonyl (C=O) groups is 1. The molecule has 0 aromatic rings. The maximum atomic E-state index is 10.6. The van der Waals surface area contributed by atoms with Crippen molar-refractivity contribution < 1.29 is 9.90 Å². The lowest BCUT2D eigenvalue weighted by atomic mass is 9.90. The molecule has 94 valence electrons. The van der Waals surface area contributed by atoms with Crippen molar-refractivity contribution in [2.75, 3.05) is 13.2 Å². The highest BCUT2D eigenvalue weighted by Gasteiger charge is 2.10. The van der Waals surface area contributed by atoms with Crippen molar-refractivity contribution in [1.82, 2.24) is 5.32 Å². The van der Waals surface area contributed by atoms with E-state index in [1.807, 2.05) is 0 Å². The Morgan fingerprint density at radius 3 is 2.38 bits per heavy atom. The number of nitrogens with one attached hydrogen (secondary N) is 1. The minimum Gasteiger partial charge on any atom is -0.396 e. The molecular weight excluding hydrogens is 202 g/mol. The number of rotatable bonds is 1. The summed E-state index contributed by atoms with van der Waals surface area (Å²) in [4.78, 5) is 10.6. The lowest BCUT2D eigenvalue weighted by molar-refractivity contribution is -0.120. The molecule has 1 saturated carbocycles. The van der Waals surface area contributed by atoms with Gasteiger partial charge in [0.15, 0.2) is 0 Å². The summed E-state index contributed by atoms with van der Waals surface area (Å²) in [5.74, 6) is 0.867. The molecular formula is C13H25NO2. The predicted octanol–water partition coefficient (Wildman–Crippen LogP) is 2.24. The number of hydrogen-bond donors (Lipinski definition) is 2. The van der Waals surface area contributed by atoms with Crippen molar-refractivity contribution in [2.24, 2.45) is 5.92 Å². The van der Waals surface area contributed by atoms with E-state index in [9.17, 15) is 4.79 Å². The molecule has 3 nitrogen and oxygen atoms in total. The summed E-state index contributed by atoms with van der Waals surface area (Å²) in [7, 11) is 0. The number of carbonyl (C=O) groups excluding carboxylic acids is 1. The van der Waals surface area contributed by atoms with Crippen LogP contribution in [0.3, 0.4) is 0 Å². The zero-order chi connectivity index (χ0) is 11.6. The van der Waals surface area contributed by atoms with Crippen LogP contribution < -0.4 is 5.32 Å². The van der Waals surface area contributed by atoms with E-state index >= 15 is 0 Å². The molecule has 0 atom stereocenters. The summed E-state index contributed by atoms with van der Waals surface area (Å²) < 4.78 is 0. The SMILES string of the molecule is O=C1CCCCCN1.OCC1CCCCC1. The Bertz CT molecular complexity index is 178. The molecule has 2 N–H and O–H groups in total. The minimum absolute atomic E-state index is 0.225. The summed E-state index contributed by atoms with van der Waals surface area (Å²) in [6.45, 7) is 1.30. The quantitative estimate of drug-likeness (QED) is 0.721. The Labute approximate surface area is 98.6 Å². The van der Waals surface area contributed by atoms with E-state index in [0.29, 0.717) is 12.5 Å². The van der Waals surface area contributed by atoms with E-state index < -0.39 is 0 Å². The Balaban J connectivity index is 0.000000160. The standard InChI is InChI=1S/C7H14O.C6H11NO/c8-6-7-4-2-1-3-5-7;8-6-4-2-1-3-5-7-6/h7-8H,1-6H2;1-5H2,(H,7,8). The Morgan fingerprint density at radius 1 is 1.06 bits per heavy atom. The summed E-state index contributed by atoms with van der Waals surface area (Å²) >= 11 is 0. The first kappa shape index (κ1) is 13.5. The zero-order valence-corrected chi connectivity index (χ0v) is 10.2. The third-order valence-electron chi connectivity index (χ3n) is 3.39. The van der Waals surface area contributed by atoms with Gasteiger partial charge in [-0.1, -0.05) is 25.7 Å². The first-order valence-corrected chi connectivity index (χ1v) is 6.70. The number of hydrogen-bond acceptors (Lipinski definition) is 2. The molecule has 2 rings (SSSR count). The fraction of sp³-hybridized carbons (Fsp3) is 0.923. The molecule has 0 spiro atoms. The molecule has 0 unspecified atom stereocenters. The molecule has 1 aliphatic carbocycles. The van der Waals surface area contributed by atoms with Gasteiger partial charge in [-0.15, -0.1) is 0 Å². The number of amides is 1. The fourth-order valence-electron chi connectivity index (χ4n) is 2.27. The van der Waals surface area contributed by atoms with Gasteiger partial charge in [0.05, 0.1) is 0 Å². The Morgan fingerprint density at radius 2 is 1.75 bits per heavy atom. The fourth-order valence-corrected chi connectivity index (χ4v) is 2.27. The van der Waals surface area contributed by atoms with Crippen LogP contribution in [0.1, 0.15) is 57.8 Å². The first-order chi connectivity index (χ1) is 7.83. The highest BCUT2D eigenvalue weighted by Crippen LogP contribution is 2.22. The van der Waals surface area contributed by atoms with Gasteiger partial charge in [0.1, 0.15) is 0 Å². The van der Waals surface area contributed by atoms with E-state index in [1.165, 1.54) is 38.5 Å². The van der Waals surface area contributed by atoms with Gasteiger partial charge in [-0.3, -0.25) is 4.79 Å².